The zero-order valence-electron chi connectivity index (χ0n) is 10.9. The standard InChI is InChI=1S/C13H17F3O2/c1-5-12(17,13(14,15)16)10-6-9(3)11(18-4)7-8(10)2/h6-7,17H,5H2,1-4H3. The third-order valence-corrected chi connectivity index (χ3v) is 3.17. The molecule has 1 rings (SSSR count). The molecule has 1 aromatic carbocycles. The highest BCUT2D eigenvalue weighted by molar-refractivity contribution is 5.44. The average Bonchev–Trinajstić information content (AvgIpc) is 2.29. The fraction of sp³-hybridized carbons (Fsp3) is 0.538. The molecule has 5 heteroatoms. The summed E-state index contributed by atoms with van der Waals surface area (Å²) < 4.78 is 44.1. The van der Waals surface area contributed by atoms with Gasteiger partial charge in [-0.2, -0.15) is 13.2 Å². The van der Waals surface area contributed by atoms with Crippen LogP contribution < -0.4 is 4.74 Å². The van der Waals surface area contributed by atoms with E-state index in [-0.39, 0.29) is 5.56 Å². The maximum atomic E-state index is 13.0. The Kier molecular flexibility index (Phi) is 3.96. The van der Waals surface area contributed by atoms with Crippen LogP contribution in [0, 0.1) is 13.8 Å². The molecule has 0 radical (unpaired) electrons. The average molecular weight is 262 g/mol. The van der Waals surface area contributed by atoms with Gasteiger partial charge in [-0.25, -0.2) is 0 Å². The lowest BCUT2D eigenvalue weighted by atomic mass is 9.86. The summed E-state index contributed by atoms with van der Waals surface area (Å²) >= 11 is 0. The molecule has 102 valence electrons. The molecule has 18 heavy (non-hydrogen) atoms. The van der Waals surface area contributed by atoms with Crippen molar-refractivity contribution < 1.29 is 23.0 Å². The number of aliphatic hydroxyl groups is 1. The Morgan fingerprint density at radius 2 is 1.72 bits per heavy atom. The number of methoxy groups -OCH3 is 1. The zero-order chi connectivity index (χ0) is 14.1. The third-order valence-electron chi connectivity index (χ3n) is 3.17. The number of aryl methyl sites for hydroxylation is 2. The van der Waals surface area contributed by atoms with E-state index < -0.39 is 18.2 Å². The Bertz CT molecular complexity index is 441. The summed E-state index contributed by atoms with van der Waals surface area (Å²) in [6.07, 6.45) is -5.13. The van der Waals surface area contributed by atoms with Crippen LogP contribution in [0.1, 0.15) is 30.0 Å². The molecule has 0 aliphatic heterocycles. The highest BCUT2D eigenvalue weighted by atomic mass is 19.4. The van der Waals surface area contributed by atoms with Crippen LogP contribution in [0.2, 0.25) is 0 Å². The number of halogens is 3. The lowest BCUT2D eigenvalue weighted by molar-refractivity contribution is -0.268. The summed E-state index contributed by atoms with van der Waals surface area (Å²) in [4.78, 5) is 0. The molecule has 1 aromatic rings. The van der Waals surface area contributed by atoms with Crippen LogP contribution in [0.3, 0.4) is 0 Å². The van der Waals surface area contributed by atoms with Gasteiger partial charge in [0.15, 0.2) is 5.60 Å². The Balaban J connectivity index is 3.45. The Hall–Kier alpha value is -1.23. The van der Waals surface area contributed by atoms with Gasteiger partial charge in [0, 0.05) is 0 Å². The summed E-state index contributed by atoms with van der Waals surface area (Å²) in [5, 5.41) is 9.93. The highest BCUT2D eigenvalue weighted by Crippen LogP contribution is 2.43. The third kappa shape index (κ3) is 2.32. The molecule has 0 heterocycles. The van der Waals surface area contributed by atoms with Crippen LogP contribution in [-0.2, 0) is 5.60 Å². The first-order chi connectivity index (χ1) is 8.17. The van der Waals surface area contributed by atoms with Crippen LogP contribution >= 0.6 is 0 Å². The van der Waals surface area contributed by atoms with Crippen molar-refractivity contribution in [2.24, 2.45) is 0 Å². The molecule has 0 bridgehead atoms. The lowest BCUT2D eigenvalue weighted by Gasteiger charge is -2.31. The molecule has 0 aliphatic rings. The summed E-state index contributed by atoms with van der Waals surface area (Å²) in [6.45, 7) is 4.49. The summed E-state index contributed by atoms with van der Waals surface area (Å²) in [6, 6.07) is 2.85. The van der Waals surface area contributed by atoms with Crippen molar-refractivity contribution in [1.29, 1.82) is 0 Å². The number of alkyl halides is 3. The molecule has 0 saturated heterocycles. The van der Waals surface area contributed by atoms with Gasteiger partial charge in [0.25, 0.3) is 0 Å². The van der Waals surface area contributed by atoms with E-state index in [0.29, 0.717) is 16.9 Å². The topological polar surface area (TPSA) is 29.5 Å². The largest absolute Gasteiger partial charge is 0.496 e. The fourth-order valence-electron chi connectivity index (χ4n) is 2.00. The zero-order valence-corrected chi connectivity index (χ0v) is 10.9. The summed E-state index contributed by atoms with van der Waals surface area (Å²) in [7, 11) is 1.46. The van der Waals surface area contributed by atoms with Crippen LogP contribution in [0.4, 0.5) is 13.2 Å². The lowest BCUT2D eigenvalue weighted by Crippen LogP contribution is -2.42. The van der Waals surface area contributed by atoms with Gasteiger partial charge in [-0.15, -0.1) is 0 Å². The molecular formula is C13H17F3O2. The van der Waals surface area contributed by atoms with Crippen LogP contribution in [0.5, 0.6) is 5.75 Å². The van der Waals surface area contributed by atoms with Crippen molar-refractivity contribution in [1.82, 2.24) is 0 Å². The molecule has 0 fully saturated rings. The SMILES string of the molecule is CCC(O)(c1cc(C)c(OC)cc1C)C(F)(F)F. The van der Waals surface area contributed by atoms with E-state index in [1.165, 1.54) is 33.1 Å². The van der Waals surface area contributed by atoms with Crippen molar-refractivity contribution in [2.45, 2.75) is 39.0 Å². The Morgan fingerprint density at radius 1 is 1.17 bits per heavy atom. The fourth-order valence-corrected chi connectivity index (χ4v) is 2.00. The van der Waals surface area contributed by atoms with Gasteiger partial charge in [-0.1, -0.05) is 6.92 Å². The maximum absolute atomic E-state index is 13.0. The van der Waals surface area contributed by atoms with Gasteiger partial charge in [0.1, 0.15) is 5.75 Å². The quantitative estimate of drug-likeness (QED) is 0.903. The maximum Gasteiger partial charge on any atom is 0.421 e. The van der Waals surface area contributed by atoms with E-state index in [1.807, 2.05) is 0 Å². The molecular weight excluding hydrogens is 245 g/mol. The Labute approximate surface area is 104 Å². The molecule has 0 aliphatic carbocycles. The minimum Gasteiger partial charge on any atom is -0.496 e. The second-order valence-electron chi connectivity index (χ2n) is 4.35. The van der Waals surface area contributed by atoms with Crippen LogP contribution in [0.25, 0.3) is 0 Å². The first-order valence-corrected chi connectivity index (χ1v) is 5.62. The van der Waals surface area contributed by atoms with Crippen molar-refractivity contribution in [3.8, 4) is 5.75 Å². The number of benzene rings is 1. The van der Waals surface area contributed by atoms with E-state index in [1.54, 1.807) is 6.92 Å². The predicted octanol–water partition coefficient (Wildman–Crippen LogP) is 3.47. The summed E-state index contributed by atoms with van der Waals surface area (Å²) in [5.41, 5.74) is -2.00. The van der Waals surface area contributed by atoms with E-state index in [0.717, 1.165) is 0 Å². The van der Waals surface area contributed by atoms with Crippen molar-refractivity contribution in [3.63, 3.8) is 0 Å². The molecule has 0 amide bonds. The first kappa shape index (κ1) is 14.8. The van der Waals surface area contributed by atoms with Crippen molar-refractivity contribution in [2.75, 3.05) is 7.11 Å². The van der Waals surface area contributed by atoms with Gasteiger partial charge in [0.2, 0.25) is 0 Å². The van der Waals surface area contributed by atoms with Crippen LogP contribution in [-0.4, -0.2) is 18.4 Å². The van der Waals surface area contributed by atoms with Gasteiger partial charge in [0.05, 0.1) is 7.11 Å². The summed E-state index contributed by atoms with van der Waals surface area (Å²) in [5.74, 6) is 0.511. The number of ether oxygens (including phenoxy) is 1. The van der Waals surface area contributed by atoms with E-state index in [2.05, 4.69) is 0 Å². The van der Waals surface area contributed by atoms with Gasteiger partial charge in [-0.3, -0.25) is 0 Å². The second kappa shape index (κ2) is 4.80. The van der Waals surface area contributed by atoms with E-state index in [4.69, 9.17) is 4.74 Å². The van der Waals surface area contributed by atoms with Gasteiger partial charge in [-0.05, 0) is 49.1 Å². The molecule has 1 N–H and O–H groups in total. The highest BCUT2D eigenvalue weighted by Gasteiger charge is 2.54. The normalized spacial score (nSPS) is 15.3. The molecule has 0 saturated carbocycles. The molecule has 1 atom stereocenters. The number of hydrogen-bond acceptors (Lipinski definition) is 2. The molecule has 0 spiro atoms. The van der Waals surface area contributed by atoms with Crippen LogP contribution in [0.15, 0.2) is 12.1 Å². The van der Waals surface area contributed by atoms with E-state index >= 15 is 0 Å². The van der Waals surface area contributed by atoms with E-state index in [9.17, 15) is 18.3 Å². The minimum atomic E-state index is -4.70. The van der Waals surface area contributed by atoms with Crippen molar-refractivity contribution >= 4 is 0 Å². The number of hydrogen-bond donors (Lipinski definition) is 1. The van der Waals surface area contributed by atoms with Crippen molar-refractivity contribution in [3.05, 3.63) is 28.8 Å². The minimum absolute atomic E-state index is 0.115. The molecule has 0 aromatic heterocycles. The molecule has 1 unspecified atom stereocenters. The number of rotatable bonds is 3. The van der Waals surface area contributed by atoms with Gasteiger partial charge >= 0.3 is 6.18 Å². The van der Waals surface area contributed by atoms with Gasteiger partial charge < -0.3 is 9.84 Å². The second-order valence-corrected chi connectivity index (χ2v) is 4.35. The predicted molar refractivity (Wildman–Crippen MR) is 62.7 cm³/mol. The Morgan fingerprint density at radius 3 is 2.11 bits per heavy atom. The monoisotopic (exact) mass is 262 g/mol. The smallest absolute Gasteiger partial charge is 0.421 e. The molecule has 2 nitrogen and oxygen atoms in total. The first-order valence-electron chi connectivity index (χ1n) is 5.62.